The van der Waals surface area contributed by atoms with E-state index in [1.54, 1.807) is 47.0 Å². The summed E-state index contributed by atoms with van der Waals surface area (Å²) in [7, 11) is 3.89. The topological polar surface area (TPSA) is 54.3 Å². The third kappa shape index (κ3) is 5.07. The lowest BCUT2D eigenvalue weighted by molar-refractivity contribution is -0.128. The molecular weight excluding hydrogens is 464 g/mol. The first-order chi connectivity index (χ1) is 15.9. The Morgan fingerprint density at radius 3 is 2.61 bits per heavy atom. The van der Waals surface area contributed by atoms with Gasteiger partial charge in [-0.25, -0.2) is 8.78 Å². The zero-order chi connectivity index (χ0) is 23.5. The number of thioether (sulfide) groups is 2. The fourth-order valence-corrected chi connectivity index (χ4v) is 5.72. The van der Waals surface area contributed by atoms with Crippen molar-refractivity contribution in [2.75, 3.05) is 32.1 Å². The van der Waals surface area contributed by atoms with E-state index in [1.807, 2.05) is 30.5 Å². The zero-order valence-corrected chi connectivity index (χ0v) is 20.2. The number of carbonyl (C=O) groups excluding carboxylic acids is 1. The standard InChI is InChI=1S/C23H25F2N5OS2/c1-15(28(2)3)21-26-27-23(30(21)17-10-8-16(24)9-11-17)33-14-20(31)29-12-13-32-22(29)18-6-4-5-7-19(18)25/h4-11,15,22H,12-14H2,1-3H3. The Morgan fingerprint density at radius 2 is 1.91 bits per heavy atom. The molecule has 10 heteroatoms. The Labute approximate surface area is 200 Å². The van der Waals surface area contributed by atoms with Crippen LogP contribution in [-0.4, -0.2) is 62.6 Å². The lowest BCUT2D eigenvalue weighted by Gasteiger charge is -2.24. The smallest absolute Gasteiger partial charge is 0.234 e. The van der Waals surface area contributed by atoms with Crippen LogP contribution in [0.2, 0.25) is 0 Å². The highest BCUT2D eigenvalue weighted by Crippen LogP contribution is 2.39. The summed E-state index contributed by atoms with van der Waals surface area (Å²) in [6.07, 6.45) is 0. The van der Waals surface area contributed by atoms with Crippen LogP contribution >= 0.6 is 23.5 Å². The van der Waals surface area contributed by atoms with Crippen molar-refractivity contribution < 1.29 is 13.6 Å². The molecule has 2 heterocycles. The molecule has 6 nitrogen and oxygen atoms in total. The van der Waals surface area contributed by atoms with E-state index in [0.29, 0.717) is 23.1 Å². The molecule has 2 unspecified atom stereocenters. The molecule has 0 radical (unpaired) electrons. The average molecular weight is 490 g/mol. The van der Waals surface area contributed by atoms with Crippen LogP contribution in [0.4, 0.5) is 8.78 Å². The van der Waals surface area contributed by atoms with Crippen LogP contribution in [0, 0.1) is 11.6 Å². The number of hydrogen-bond donors (Lipinski definition) is 0. The van der Waals surface area contributed by atoms with Gasteiger partial charge in [-0.3, -0.25) is 14.3 Å². The molecule has 1 amide bonds. The second-order valence-corrected chi connectivity index (χ2v) is 10.0. The average Bonchev–Trinajstić information content (AvgIpc) is 3.45. The Hall–Kier alpha value is -2.43. The van der Waals surface area contributed by atoms with Crippen LogP contribution in [-0.2, 0) is 4.79 Å². The second kappa shape index (κ2) is 10.2. The van der Waals surface area contributed by atoms with Crippen LogP contribution in [0.1, 0.15) is 29.7 Å². The van der Waals surface area contributed by atoms with Gasteiger partial charge in [-0.1, -0.05) is 30.0 Å². The molecule has 0 bridgehead atoms. The molecule has 1 aliphatic rings. The van der Waals surface area contributed by atoms with E-state index in [4.69, 9.17) is 0 Å². The highest BCUT2D eigenvalue weighted by molar-refractivity contribution is 8.00. The van der Waals surface area contributed by atoms with Gasteiger partial charge in [-0.05, 0) is 51.4 Å². The molecule has 0 aliphatic carbocycles. The number of hydrogen-bond acceptors (Lipinski definition) is 6. The van der Waals surface area contributed by atoms with Gasteiger partial charge >= 0.3 is 0 Å². The highest BCUT2D eigenvalue weighted by Gasteiger charge is 2.32. The first-order valence-electron chi connectivity index (χ1n) is 10.5. The summed E-state index contributed by atoms with van der Waals surface area (Å²) in [6.45, 7) is 2.57. The van der Waals surface area contributed by atoms with Crippen LogP contribution in [0.3, 0.4) is 0 Å². The minimum absolute atomic E-state index is 0.0481. The van der Waals surface area contributed by atoms with Crippen molar-refractivity contribution in [3.05, 3.63) is 71.6 Å². The van der Waals surface area contributed by atoms with Crippen molar-refractivity contribution in [1.82, 2.24) is 24.6 Å². The van der Waals surface area contributed by atoms with E-state index >= 15 is 0 Å². The molecular formula is C23H25F2N5OS2. The second-order valence-electron chi connectivity index (χ2n) is 7.91. The van der Waals surface area contributed by atoms with Gasteiger partial charge in [-0.15, -0.1) is 22.0 Å². The maximum atomic E-state index is 14.3. The SMILES string of the molecule is CC(c1nnc(SCC(=O)N2CCSC2c2ccccc2F)n1-c1ccc(F)cc1)N(C)C. The Balaban J connectivity index is 1.56. The molecule has 0 saturated carbocycles. The van der Waals surface area contributed by atoms with Gasteiger partial charge in [0, 0.05) is 23.5 Å². The lowest BCUT2D eigenvalue weighted by Crippen LogP contribution is -2.32. The van der Waals surface area contributed by atoms with Gasteiger partial charge < -0.3 is 4.90 Å². The van der Waals surface area contributed by atoms with Crippen molar-refractivity contribution in [1.29, 1.82) is 0 Å². The quantitative estimate of drug-likeness (QED) is 0.455. The van der Waals surface area contributed by atoms with Gasteiger partial charge in [0.2, 0.25) is 5.91 Å². The molecule has 174 valence electrons. The summed E-state index contributed by atoms with van der Waals surface area (Å²) in [4.78, 5) is 16.8. The Kier molecular flexibility index (Phi) is 7.35. The minimum atomic E-state index is -0.335. The Bertz CT molecular complexity index is 1120. The van der Waals surface area contributed by atoms with E-state index in [0.717, 1.165) is 11.4 Å². The largest absolute Gasteiger partial charge is 0.325 e. The van der Waals surface area contributed by atoms with Crippen LogP contribution in [0.25, 0.3) is 5.69 Å². The van der Waals surface area contributed by atoms with Crippen LogP contribution < -0.4 is 0 Å². The molecule has 3 aromatic rings. The zero-order valence-electron chi connectivity index (χ0n) is 18.6. The number of carbonyl (C=O) groups is 1. The summed E-state index contributed by atoms with van der Waals surface area (Å²) in [5.41, 5.74) is 1.25. The first-order valence-corrected chi connectivity index (χ1v) is 12.6. The third-order valence-electron chi connectivity index (χ3n) is 5.60. The van der Waals surface area contributed by atoms with E-state index < -0.39 is 0 Å². The summed E-state index contributed by atoms with van der Waals surface area (Å²) >= 11 is 2.84. The number of rotatable bonds is 7. The van der Waals surface area contributed by atoms with Crippen LogP contribution in [0.15, 0.2) is 53.7 Å². The van der Waals surface area contributed by atoms with Crippen molar-refractivity contribution in [2.24, 2.45) is 0 Å². The summed E-state index contributed by atoms with van der Waals surface area (Å²) in [5, 5.41) is 8.91. The maximum absolute atomic E-state index is 14.3. The number of amides is 1. The number of nitrogens with zero attached hydrogens (tertiary/aromatic N) is 5. The fourth-order valence-electron chi connectivity index (χ4n) is 3.58. The van der Waals surface area contributed by atoms with Gasteiger partial charge in [0.05, 0.1) is 11.8 Å². The molecule has 1 fully saturated rings. The normalized spacial score (nSPS) is 17.0. The number of benzene rings is 2. The van der Waals surface area contributed by atoms with Gasteiger partial charge in [0.15, 0.2) is 11.0 Å². The first kappa shape index (κ1) is 23.7. The lowest BCUT2D eigenvalue weighted by atomic mass is 10.2. The highest BCUT2D eigenvalue weighted by atomic mass is 32.2. The van der Waals surface area contributed by atoms with Gasteiger partial charge in [0.1, 0.15) is 17.0 Å². The van der Waals surface area contributed by atoms with Crippen LogP contribution in [0.5, 0.6) is 0 Å². The van der Waals surface area contributed by atoms with Crippen molar-refractivity contribution >= 4 is 29.4 Å². The summed E-state index contributed by atoms with van der Waals surface area (Å²) in [5.74, 6) is 0.869. The number of aromatic nitrogens is 3. The third-order valence-corrected chi connectivity index (χ3v) is 7.75. The van der Waals surface area contributed by atoms with Gasteiger partial charge in [0.25, 0.3) is 0 Å². The van der Waals surface area contributed by atoms with Gasteiger partial charge in [-0.2, -0.15) is 0 Å². The summed E-state index contributed by atoms with van der Waals surface area (Å²) < 4.78 is 29.7. The maximum Gasteiger partial charge on any atom is 0.234 e. The molecule has 2 aromatic carbocycles. The molecule has 4 rings (SSSR count). The summed E-state index contributed by atoms with van der Waals surface area (Å²) in [6, 6.07) is 12.6. The predicted octanol–water partition coefficient (Wildman–Crippen LogP) is 4.53. The van der Waals surface area contributed by atoms with E-state index in [1.165, 1.54) is 30.0 Å². The van der Waals surface area contributed by atoms with E-state index in [-0.39, 0.29) is 34.7 Å². The monoisotopic (exact) mass is 489 g/mol. The predicted molar refractivity (Wildman–Crippen MR) is 127 cm³/mol. The molecule has 1 aromatic heterocycles. The molecule has 2 atom stereocenters. The molecule has 1 saturated heterocycles. The molecule has 0 spiro atoms. The van der Waals surface area contributed by atoms with Crippen molar-refractivity contribution in [3.8, 4) is 5.69 Å². The van der Waals surface area contributed by atoms with E-state index in [2.05, 4.69) is 10.2 Å². The molecule has 33 heavy (non-hydrogen) atoms. The fraction of sp³-hybridized carbons (Fsp3) is 0.348. The Morgan fingerprint density at radius 1 is 1.18 bits per heavy atom. The molecule has 0 N–H and O–H groups in total. The minimum Gasteiger partial charge on any atom is -0.325 e. The van der Waals surface area contributed by atoms with Crippen molar-refractivity contribution in [3.63, 3.8) is 0 Å². The number of halogens is 2. The van der Waals surface area contributed by atoms with Crippen molar-refractivity contribution in [2.45, 2.75) is 23.5 Å². The van der Waals surface area contributed by atoms with E-state index in [9.17, 15) is 13.6 Å². The molecule has 1 aliphatic heterocycles.